The van der Waals surface area contributed by atoms with Crippen molar-refractivity contribution in [1.82, 2.24) is 5.32 Å². The Hall–Kier alpha value is -3.05. The van der Waals surface area contributed by atoms with Crippen molar-refractivity contribution in [1.29, 1.82) is 0 Å². The number of rotatable bonds is 6. The van der Waals surface area contributed by atoms with Crippen LogP contribution in [0.5, 0.6) is 0 Å². The van der Waals surface area contributed by atoms with Gasteiger partial charge in [0.1, 0.15) is 0 Å². The molecule has 3 aromatic rings. The van der Waals surface area contributed by atoms with Gasteiger partial charge in [-0.25, -0.2) is 0 Å². The van der Waals surface area contributed by atoms with Crippen LogP contribution in [-0.4, -0.2) is 18.1 Å². The fraction of sp³-hybridized carbons (Fsp3) is 0.0909. The summed E-state index contributed by atoms with van der Waals surface area (Å²) in [4.78, 5) is 25.6. The Morgan fingerprint density at radius 1 is 0.815 bits per heavy atom. The predicted molar refractivity (Wildman–Crippen MR) is 110 cm³/mol. The number of nitrogens with one attached hydrogen (secondary N) is 2. The van der Waals surface area contributed by atoms with Gasteiger partial charge in [0.25, 0.3) is 11.8 Å². The van der Waals surface area contributed by atoms with Gasteiger partial charge in [0.2, 0.25) is 0 Å². The number of benzene rings is 3. The van der Waals surface area contributed by atoms with Crippen LogP contribution in [0.25, 0.3) is 0 Å². The lowest BCUT2D eigenvalue weighted by atomic mass is 10.1. The summed E-state index contributed by atoms with van der Waals surface area (Å²) in [6.07, 6.45) is 2.00. The quantitative estimate of drug-likeness (QED) is 0.619. The van der Waals surface area contributed by atoms with Crippen LogP contribution >= 0.6 is 11.8 Å². The maximum absolute atomic E-state index is 12.4. The normalized spacial score (nSPS) is 10.3. The van der Waals surface area contributed by atoms with Crippen LogP contribution in [0, 0.1) is 0 Å². The molecule has 0 bridgehead atoms. The Labute approximate surface area is 163 Å². The molecule has 0 aliphatic carbocycles. The van der Waals surface area contributed by atoms with Crippen molar-refractivity contribution >= 4 is 29.3 Å². The molecule has 3 aromatic carbocycles. The summed E-state index contributed by atoms with van der Waals surface area (Å²) >= 11 is 1.63. The molecule has 0 unspecified atom stereocenters. The molecule has 0 radical (unpaired) electrons. The second-order valence-corrected chi connectivity index (χ2v) is 6.81. The van der Waals surface area contributed by atoms with Gasteiger partial charge in [-0.3, -0.25) is 9.59 Å². The topological polar surface area (TPSA) is 58.2 Å². The minimum Gasteiger partial charge on any atom is -0.348 e. The number of anilines is 1. The smallest absolute Gasteiger partial charge is 0.255 e. The summed E-state index contributed by atoms with van der Waals surface area (Å²) < 4.78 is 0. The van der Waals surface area contributed by atoms with Crippen molar-refractivity contribution in [2.45, 2.75) is 11.4 Å². The van der Waals surface area contributed by atoms with Crippen molar-refractivity contribution in [3.05, 3.63) is 95.6 Å². The van der Waals surface area contributed by atoms with Crippen LogP contribution in [0.2, 0.25) is 0 Å². The van der Waals surface area contributed by atoms with E-state index in [1.54, 1.807) is 36.0 Å². The summed E-state index contributed by atoms with van der Waals surface area (Å²) in [5, 5.41) is 5.78. The second kappa shape index (κ2) is 9.05. The van der Waals surface area contributed by atoms with E-state index in [0.717, 1.165) is 16.1 Å². The van der Waals surface area contributed by atoms with Crippen molar-refractivity contribution in [3.8, 4) is 0 Å². The van der Waals surface area contributed by atoms with E-state index in [1.165, 1.54) is 0 Å². The van der Waals surface area contributed by atoms with Gasteiger partial charge in [-0.1, -0.05) is 36.4 Å². The van der Waals surface area contributed by atoms with E-state index in [-0.39, 0.29) is 11.8 Å². The van der Waals surface area contributed by atoms with Crippen LogP contribution in [0.3, 0.4) is 0 Å². The highest BCUT2D eigenvalue weighted by Crippen LogP contribution is 2.19. The molecule has 5 heteroatoms. The number of hydrogen-bond acceptors (Lipinski definition) is 3. The van der Waals surface area contributed by atoms with Crippen molar-refractivity contribution in [3.63, 3.8) is 0 Å². The molecule has 0 spiro atoms. The fourth-order valence-electron chi connectivity index (χ4n) is 2.55. The Morgan fingerprint density at radius 3 is 2.22 bits per heavy atom. The third-order valence-corrected chi connectivity index (χ3v) is 4.76. The largest absolute Gasteiger partial charge is 0.348 e. The van der Waals surface area contributed by atoms with Crippen molar-refractivity contribution < 1.29 is 9.59 Å². The lowest BCUT2D eigenvalue weighted by Gasteiger charge is -2.08. The van der Waals surface area contributed by atoms with E-state index in [4.69, 9.17) is 0 Å². The molecule has 0 aliphatic rings. The van der Waals surface area contributed by atoms with Gasteiger partial charge in [-0.15, -0.1) is 11.8 Å². The molecule has 3 rings (SSSR count). The Balaban J connectivity index is 1.58. The van der Waals surface area contributed by atoms with Crippen LogP contribution < -0.4 is 10.6 Å². The van der Waals surface area contributed by atoms with Crippen LogP contribution in [0.15, 0.2) is 83.8 Å². The highest BCUT2D eigenvalue weighted by Gasteiger charge is 2.08. The summed E-state index contributed by atoms with van der Waals surface area (Å²) in [6.45, 7) is 0.408. The molecular weight excluding hydrogens is 356 g/mol. The van der Waals surface area contributed by atoms with E-state index in [0.29, 0.717) is 17.7 Å². The monoisotopic (exact) mass is 376 g/mol. The highest BCUT2D eigenvalue weighted by molar-refractivity contribution is 7.98. The lowest BCUT2D eigenvalue weighted by molar-refractivity contribution is 0.0949. The number of amides is 2. The van der Waals surface area contributed by atoms with E-state index in [1.807, 2.05) is 60.9 Å². The first-order valence-electron chi connectivity index (χ1n) is 8.53. The van der Waals surface area contributed by atoms with E-state index >= 15 is 0 Å². The first-order valence-corrected chi connectivity index (χ1v) is 9.76. The van der Waals surface area contributed by atoms with Gasteiger partial charge in [0.15, 0.2) is 0 Å². The molecule has 27 heavy (non-hydrogen) atoms. The third kappa shape index (κ3) is 5.21. The molecule has 136 valence electrons. The first-order chi connectivity index (χ1) is 13.2. The fourth-order valence-corrected chi connectivity index (χ4v) is 3.01. The third-order valence-electron chi connectivity index (χ3n) is 4.03. The van der Waals surface area contributed by atoms with E-state index in [9.17, 15) is 9.59 Å². The summed E-state index contributed by atoms with van der Waals surface area (Å²) in [5.41, 5.74) is 2.90. The van der Waals surface area contributed by atoms with Crippen LogP contribution in [0.1, 0.15) is 26.3 Å². The molecule has 0 saturated carbocycles. The highest BCUT2D eigenvalue weighted by atomic mass is 32.2. The van der Waals surface area contributed by atoms with Gasteiger partial charge in [0.05, 0.1) is 0 Å². The zero-order chi connectivity index (χ0) is 19.1. The molecule has 2 amide bonds. The molecular formula is C22H20N2O2S. The molecule has 0 fully saturated rings. The standard InChI is InChI=1S/C22H20N2O2S/c1-27-20-9-5-8-19(14-20)24-22(26)18-12-10-16(11-13-18)15-23-21(25)17-6-3-2-4-7-17/h2-14H,15H2,1H3,(H,23,25)(H,24,26). The van der Waals surface area contributed by atoms with Crippen LogP contribution in [0.4, 0.5) is 5.69 Å². The summed E-state index contributed by atoms with van der Waals surface area (Å²) in [7, 11) is 0. The number of carbonyl (C=O) groups is 2. The Morgan fingerprint density at radius 2 is 1.52 bits per heavy atom. The van der Waals surface area contributed by atoms with Gasteiger partial charge < -0.3 is 10.6 Å². The maximum Gasteiger partial charge on any atom is 0.255 e. The Bertz CT molecular complexity index is 925. The zero-order valence-electron chi connectivity index (χ0n) is 14.9. The van der Waals surface area contributed by atoms with Crippen molar-refractivity contribution in [2.24, 2.45) is 0 Å². The van der Waals surface area contributed by atoms with Gasteiger partial charge in [-0.05, 0) is 54.3 Å². The average Bonchev–Trinajstić information content (AvgIpc) is 2.73. The van der Waals surface area contributed by atoms with Gasteiger partial charge >= 0.3 is 0 Å². The zero-order valence-corrected chi connectivity index (χ0v) is 15.8. The van der Waals surface area contributed by atoms with Crippen LogP contribution in [-0.2, 0) is 6.54 Å². The maximum atomic E-state index is 12.4. The van der Waals surface area contributed by atoms with Crippen molar-refractivity contribution in [2.75, 3.05) is 11.6 Å². The minimum absolute atomic E-state index is 0.119. The van der Waals surface area contributed by atoms with Gasteiger partial charge in [0, 0.05) is 28.3 Å². The summed E-state index contributed by atoms with van der Waals surface area (Å²) in [5.74, 6) is -0.279. The summed E-state index contributed by atoms with van der Waals surface area (Å²) in [6, 6.07) is 24.0. The van der Waals surface area contributed by atoms with E-state index < -0.39 is 0 Å². The second-order valence-electron chi connectivity index (χ2n) is 5.93. The molecule has 4 nitrogen and oxygen atoms in total. The molecule has 2 N–H and O–H groups in total. The number of hydrogen-bond donors (Lipinski definition) is 2. The Kier molecular flexibility index (Phi) is 6.28. The molecule has 0 heterocycles. The average molecular weight is 376 g/mol. The lowest BCUT2D eigenvalue weighted by Crippen LogP contribution is -2.22. The SMILES string of the molecule is CSc1cccc(NC(=O)c2ccc(CNC(=O)c3ccccc3)cc2)c1. The first kappa shape index (κ1) is 18.7. The number of carbonyl (C=O) groups excluding carboxylic acids is 2. The minimum atomic E-state index is -0.159. The van der Waals surface area contributed by atoms with E-state index in [2.05, 4.69) is 10.6 Å². The molecule has 0 saturated heterocycles. The number of thioether (sulfide) groups is 1. The molecule has 0 aliphatic heterocycles. The molecule has 0 atom stereocenters. The molecule has 0 aromatic heterocycles. The van der Waals surface area contributed by atoms with Gasteiger partial charge in [-0.2, -0.15) is 0 Å². The predicted octanol–water partition coefficient (Wildman–Crippen LogP) is 4.59.